The second-order valence-electron chi connectivity index (χ2n) is 8.36. The number of rotatable bonds is 7. The number of carbonyl (C=O) groups excluding carboxylic acids is 1. The molecule has 5 aromatic rings. The fourth-order valence-corrected chi connectivity index (χ4v) is 4.20. The van der Waals surface area contributed by atoms with Crippen molar-refractivity contribution in [2.45, 2.75) is 18.9 Å². The van der Waals surface area contributed by atoms with Gasteiger partial charge in [0.2, 0.25) is 11.8 Å². The van der Waals surface area contributed by atoms with Crippen LogP contribution in [0.1, 0.15) is 22.9 Å². The Morgan fingerprint density at radius 3 is 2.50 bits per heavy atom. The van der Waals surface area contributed by atoms with Crippen LogP contribution in [-0.2, 0) is 17.6 Å². The third-order valence-electron chi connectivity index (χ3n) is 5.74. The molecule has 2 N–H and O–H groups in total. The van der Waals surface area contributed by atoms with Crippen molar-refractivity contribution in [3.05, 3.63) is 112 Å². The first-order valence-corrected chi connectivity index (χ1v) is 11.4. The molecule has 0 saturated carbocycles. The van der Waals surface area contributed by atoms with Crippen molar-refractivity contribution < 1.29 is 22.4 Å². The normalized spacial score (nSPS) is 12.1. The van der Waals surface area contributed by atoms with Gasteiger partial charge in [0.1, 0.15) is 23.2 Å². The molecule has 2 heterocycles. The van der Waals surface area contributed by atoms with E-state index >= 15 is 0 Å². The molecule has 0 fully saturated rings. The molecule has 1 atom stereocenters. The van der Waals surface area contributed by atoms with Crippen LogP contribution in [-0.4, -0.2) is 15.9 Å². The third kappa shape index (κ3) is 5.28. The minimum absolute atomic E-state index is 0.0460. The summed E-state index contributed by atoms with van der Waals surface area (Å²) in [6.07, 6.45) is 3.12. The van der Waals surface area contributed by atoms with Crippen LogP contribution in [0.3, 0.4) is 0 Å². The molecule has 3 aromatic carbocycles. The summed E-state index contributed by atoms with van der Waals surface area (Å²) >= 11 is 5.95. The van der Waals surface area contributed by atoms with E-state index in [2.05, 4.69) is 15.3 Å². The molecule has 9 heteroatoms. The Balaban J connectivity index is 1.42. The maximum absolute atomic E-state index is 13.8. The molecule has 0 bridgehead atoms. The van der Waals surface area contributed by atoms with Crippen molar-refractivity contribution in [3.63, 3.8) is 0 Å². The highest BCUT2D eigenvalue weighted by atomic mass is 35.5. The third-order valence-corrected chi connectivity index (χ3v) is 5.99. The van der Waals surface area contributed by atoms with E-state index in [9.17, 15) is 18.0 Å². The first kappa shape index (κ1) is 23.7. The van der Waals surface area contributed by atoms with Crippen molar-refractivity contribution in [3.8, 4) is 11.5 Å². The monoisotopic (exact) mass is 509 g/mol. The predicted molar refractivity (Wildman–Crippen MR) is 130 cm³/mol. The zero-order chi connectivity index (χ0) is 25.2. The fraction of sp³-hybridized carbons (Fsp3) is 0.111. The van der Waals surface area contributed by atoms with Gasteiger partial charge in [-0.05, 0) is 65.7 Å². The van der Waals surface area contributed by atoms with Crippen LogP contribution in [0.25, 0.3) is 22.4 Å². The number of nitrogens with zero attached hydrogens (tertiary/aromatic N) is 1. The Morgan fingerprint density at radius 1 is 1.00 bits per heavy atom. The largest absolute Gasteiger partial charge is 0.439 e. The van der Waals surface area contributed by atoms with Crippen LogP contribution < -0.4 is 5.32 Å². The van der Waals surface area contributed by atoms with Gasteiger partial charge in [0.05, 0.1) is 18.7 Å². The topological polar surface area (TPSA) is 70.9 Å². The van der Waals surface area contributed by atoms with E-state index in [0.717, 1.165) is 6.07 Å². The number of hydrogen-bond acceptors (Lipinski definition) is 3. The van der Waals surface area contributed by atoms with Gasteiger partial charge >= 0.3 is 0 Å². The van der Waals surface area contributed by atoms with Gasteiger partial charge in [0.25, 0.3) is 0 Å². The van der Waals surface area contributed by atoms with Crippen LogP contribution in [0.4, 0.5) is 13.2 Å². The van der Waals surface area contributed by atoms with Gasteiger partial charge in [-0.3, -0.25) is 4.79 Å². The lowest BCUT2D eigenvalue weighted by Crippen LogP contribution is -2.31. The number of fused-ring (bicyclic) bond motifs is 1. The van der Waals surface area contributed by atoms with Gasteiger partial charge in [-0.2, -0.15) is 0 Å². The summed E-state index contributed by atoms with van der Waals surface area (Å²) in [5.74, 6) is -1.63. The molecule has 36 heavy (non-hydrogen) atoms. The average Bonchev–Trinajstić information content (AvgIpc) is 3.46. The minimum atomic E-state index is -0.769. The summed E-state index contributed by atoms with van der Waals surface area (Å²) in [5, 5.41) is 4.02. The molecule has 1 unspecified atom stereocenters. The van der Waals surface area contributed by atoms with Crippen LogP contribution in [0, 0.1) is 17.5 Å². The van der Waals surface area contributed by atoms with Gasteiger partial charge in [-0.15, -0.1) is 0 Å². The molecule has 1 amide bonds. The second kappa shape index (κ2) is 9.91. The number of H-pyrrole nitrogens is 1. The summed E-state index contributed by atoms with van der Waals surface area (Å²) in [5.41, 5.74) is 2.32. The summed E-state index contributed by atoms with van der Waals surface area (Å²) in [6, 6.07) is 13.6. The first-order chi connectivity index (χ1) is 17.3. The molecule has 5 nitrogen and oxygen atoms in total. The van der Waals surface area contributed by atoms with Crippen molar-refractivity contribution in [1.29, 1.82) is 0 Å². The summed E-state index contributed by atoms with van der Waals surface area (Å²) < 4.78 is 47.3. The number of oxazole rings is 1. The number of benzene rings is 3. The van der Waals surface area contributed by atoms with Gasteiger partial charge in [0.15, 0.2) is 0 Å². The van der Waals surface area contributed by atoms with Crippen LogP contribution in [0.15, 0.2) is 77.5 Å². The highest BCUT2D eigenvalue weighted by molar-refractivity contribution is 6.30. The highest BCUT2D eigenvalue weighted by Crippen LogP contribution is 2.27. The molecule has 0 aliphatic carbocycles. The van der Waals surface area contributed by atoms with Crippen LogP contribution in [0.2, 0.25) is 5.02 Å². The number of halogens is 4. The Hall–Kier alpha value is -4.04. The van der Waals surface area contributed by atoms with E-state index in [1.165, 1.54) is 30.5 Å². The van der Waals surface area contributed by atoms with E-state index in [1.54, 1.807) is 36.5 Å². The number of amides is 1. The average molecular weight is 510 g/mol. The molecular weight excluding hydrogens is 491 g/mol. The van der Waals surface area contributed by atoms with Crippen LogP contribution in [0.5, 0.6) is 0 Å². The lowest BCUT2D eigenvalue weighted by Gasteiger charge is -2.17. The molecule has 182 valence electrons. The van der Waals surface area contributed by atoms with Gasteiger partial charge in [0, 0.05) is 40.2 Å². The molecule has 0 radical (unpaired) electrons. The maximum atomic E-state index is 13.8. The Labute approximate surface area is 208 Å². The van der Waals surface area contributed by atoms with Gasteiger partial charge in [-0.1, -0.05) is 11.6 Å². The van der Waals surface area contributed by atoms with Crippen molar-refractivity contribution in [2.75, 3.05) is 0 Å². The van der Waals surface area contributed by atoms with E-state index in [4.69, 9.17) is 16.0 Å². The minimum Gasteiger partial charge on any atom is -0.439 e. The van der Waals surface area contributed by atoms with Crippen molar-refractivity contribution in [1.82, 2.24) is 15.3 Å². The first-order valence-electron chi connectivity index (χ1n) is 11.1. The summed E-state index contributed by atoms with van der Waals surface area (Å²) in [7, 11) is 0. The van der Waals surface area contributed by atoms with E-state index < -0.39 is 23.5 Å². The van der Waals surface area contributed by atoms with Gasteiger partial charge in [-0.25, -0.2) is 18.2 Å². The molecule has 0 aliphatic rings. The van der Waals surface area contributed by atoms with Gasteiger partial charge < -0.3 is 14.7 Å². The Kier molecular flexibility index (Phi) is 6.52. The SMILES string of the molecule is O=C(Cc1c[nH]c2ccc(F)cc12)NC(Cc1cc(F)cc(F)c1)c1cnc(-c2ccc(Cl)cc2)o1. The van der Waals surface area contributed by atoms with Crippen molar-refractivity contribution >= 4 is 28.4 Å². The molecule has 0 saturated heterocycles. The standard InChI is InChI=1S/C27H19ClF3N3O2/c28-18-3-1-16(2-4-18)27-33-14-25(36-27)24(9-15-7-20(30)11-21(31)8-15)34-26(35)10-17-13-32-23-6-5-19(29)12-22(17)23/h1-8,11-14,24,32H,9-10H2,(H,34,35). The molecule has 0 spiro atoms. The number of nitrogens with one attached hydrogen (secondary N) is 2. The smallest absolute Gasteiger partial charge is 0.226 e. The molecule has 0 aliphatic heterocycles. The fourth-order valence-electron chi connectivity index (χ4n) is 4.08. The number of hydrogen-bond donors (Lipinski definition) is 2. The highest BCUT2D eigenvalue weighted by Gasteiger charge is 2.22. The number of carbonyl (C=O) groups is 1. The number of aromatic nitrogens is 2. The zero-order valence-electron chi connectivity index (χ0n) is 18.7. The lowest BCUT2D eigenvalue weighted by atomic mass is 10.0. The van der Waals surface area contributed by atoms with E-state index in [-0.39, 0.29) is 18.7 Å². The molecule has 5 rings (SSSR count). The molecule has 2 aromatic heterocycles. The van der Waals surface area contributed by atoms with E-state index in [0.29, 0.717) is 44.3 Å². The Morgan fingerprint density at radius 2 is 1.75 bits per heavy atom. The quantitative estimate of drug-likeness (QED) is 0.262. The zero-order valence-corrected chi connectivity index (χ0v) is 19.5. The molecular formula is C27H19ClF3N3O2. The van der Waals surface area contributed by atoms with E-state index in [1.807, 2.05) is 0 Å². The van der Waals surface area contributed by atoms with Crippen LogP contribution >= 0.6 is 11.6 Å². The summed E-state index contributed by atoms with van der Waals surface area (Å²) in [6.45, 7) is 0. The maximum Gasteiger partial charge on any atom is 0.226 e. The Bertz CT molecular complexity index is 1530. The second-order valence-corrected chi connectivity index (χ2v) is 8.79. The summed E-state index contributed by atoms with van der Waals surface area (Å²) in [4.78, 5) is 20.3. The van der Waals surface area contributed by atoms with Crippen molar-refractivity contribution in [2.24, 2.45) is 0 Å². The predicted octanol–water partition coefficient (Wildman–Crippen LogP) is 6.54. The number of aromatic amines is 1. The lowest BCUT2D eigenvalue weighted by molar-refractivity contribution is -0.121.